The molecule has 0 aromatic heterocycles. The molecule has 0 radical (unpaired) electrons. The molecule has 1 rings (SSSR count). The van der Waals surface area contributed by atoms with Gasteiger partial charge in [-0.3, -0.25) is 9.63 Å². The molecule has 1 amide bonds. The van der Waals surface area contributed by atoms with Crippen LogP contribution in [0.25, 0.3) is 0 Å². The highest BCUT2D eigenvalue weighted by Crippen LogP contribution is 2.08. The first-order chi connectivity index (χ1) is 5.79. The maximum absolute atomic E-state index is 11.2. The zero-order chi connectivity index (χ0) is 8.97. The number of rotatable bonds is 2. The fourth-order valence-corrected chi connectivity index (χ4v) is 1.20. The average Bonchev–Trinajstić information content (AvgIpc) is 2.16. The van der Waals surface area contributed by atoms with Crippen molar-refractivity contribution >= 4 is 17.7 Å². The van der Waals surface area contributed by atoms with E-state index in [-0.39, 0.29) is 5.91 Å². The topological polar surface area (TPSA) is 29.1 Å². The summed E-state index contributed by atoms with van der Waals surface area (Å²) in [6.07, 6.45) is 0.834. The molecule has 0 spiro atoms. The molecule has 0 bridgehead atoms. The van der Waals surface area contributed by atoms with Gasteiger partial charge in [-0.2, -0.15) is 0 Å². The van der Waals surface area contributed by atoms with Gasteiger partial charge in [0.05, 0.1) is 0 Å². The molecule has 0 unspecified atom stereocenters. The summed E-state index contributed by atoms with van der Waals surface area (Å²) in [6, 6.07) is 7.41. The van der Waals surface area contributed by atoms with Crippen LogP contribution in [-0.2, 0) is 6.42 Å². The first-order valence-corrected chi connectivity index (χ1v) is 4.16. The summed E-state index contributed by atoms with van der Waals surface area (Å²) in [5, 5.41) is 0. The molecular formula is C9H10ClNO. The van der Waals surface area contributed by atoms with E-state index in [0.717, 1.165) is 12.0 Å². The Labute approximate surface area is 76.7 Å². The molecule has 0 heterocycles. The van der Waals surface area contributed by atoms with E-state index in [0.29, 0.717) is 5.56 Å². The third-order valence-corrected chi connectivity index (χ3v) is 1.90. The lowest BCUT2D eigenvalue weighted by molar-refractivity contribution is 0.0981. The van der Waals surface area contributed by atoms with Crippen molar-refractivity contribution in [2.24, 2.45) is 0 Å². The Morgan fingerprint density at radius 3 is 2.75 bits per heavy atom. The van der Waals surface area contributed by atoms with Crippen molar-refractivity contribution in [3.05, 3.63) is 35.4 Å². The molecule has 0 aliphatic heterocycles. The maximum atomic E-state index is 11.2. The van der Waals surface area contributed by atoms with Gasteiger partial charge in [-0.1, -0.05) is 25.1 Å². The Morgan fingerprint density at radius 1 is 1.50 bits per heavy atom. The van der Waals surface area contributed by atoms with Gasteiger partial charge in [0.1, 0.15) is 0 Å². The van der Waals surface area contributed by atoms with Crippen LogP contribution in [0.2, 0.25) is 0 Å². The second-order valence-corrected chi connectivity index (χ2v) is 2.62. The predicted molar refractivity (Wildman–Crippen MR) is 49.1 cm³/mol. The van der Waals surface area contributed by atoms with Crippen LogP contribution in [0.5, 0.6) is 0 Å². The number of benzene rings is 1. The van der Waals surface area contributed by atoms with Gasteiger partial charge < -0.3 is 0 Å². The Balaban J connectivity index is 3.04. The molecule has 2 nitrogen and oxygen atoms in total. The Bertz CT molecular complexity index is 286. The van der Waals surface area contributed by atoms with E-state index in [1.165, 1.54) is 0 Å². The number of aryl methyl sites for hydroxylation is 1. The van der Waals surface area contributed by atoms with Gasteiger partial charge in [0.15, 0.2) is 0 Å². The first-order valence-electron chi connectivity index (χ1n) is 3.78. The summed E-state index contributed by atoms with van der Waals surface area (Å²) in [5.74, 6) is -0.242. The Hall–Kier alpha value is -1.02. The molecule has 0 aliphatic carbocycles. The van der Waals surface area contributed by atoms with Crippen LogP contribution in [0.1, 0.15) is 22.8 Å². The molecule has 12 heavy (non-hydrogen) atoms. The van der Waals surface area contributed by atoms with E-state index in [1.54, 1.807) is 6.07 Å². The lowest BCUT2D eigenvalue weighted by Crippen LogP contribution is -2.14. The largest absolute Gasteiger partial charge is 0.268 e. The summed E-state index contributed by atoms with van der Waals surface area (Å²) in [4.78, 5) is 13.2. The van der Waals surface area contributed by atoms with Gasteiger partial charge in [0.2, 0.25) is 0 Å². The van der Waals surface area contributed by atoms with Crippen molar-refractivity contribution < 1.29 is 4.79 Å². The molecule has 1 N–H and O–H groups in total. The highest BCUT2D eigenvalue weighted by Gasteiger charge is 2.06. The molecule has 3 heteroatoms. The quantitative estimate of drug-likeness (QED) is 0.700. The lowest BCUT2D eigenvalue weighted by Gasteiger charge is -2.03. The summed E-state index contributed by atoms with van der Waals surface area (Å²) >= 11 is 5.22. The number of amides is 1. The van der Waals surface area contributed by atoms with E-state index in [9.17, 15) is 4.79 Å². The fourth-order valence-electron chi connectivity index (χ4n) is 1.10. The second-order valence-electron chi connectivity index (χ2n) is 2.43. The molecule has 1 aromatic rings. The predicted octanol–water partition coefficient (Wildman–Crippen LogP) is 2.13. The first kappa shape index (κ1) is 9.07. The van der Waals surface area contributed by atoms with Gasteiger partial charge in [0.25, 0.3) is 5.91 Å². The number of hydrogen-bond acceptors (Lipinski definition) is 1. The Kier molecular flexibility index (Phi) is 3.11. The van der Waals surface area contributed by atoms with Crippen LogP contribution in [-0.4, -0.2) is 5.91 Å². The van der Waals surface area contributed by atoms with Crippen molar-refractivity contribution in [2.75, 3.05) is 0 Å². The second kappa shape index (κ2) is 4.12. The zero-order valence-corrected chi connectivity index (χ0v) is 7.56. The SMILES string of the molecule is CCc1ccccc1C(=O)NCl. The summed E-state index contributed by atoms with van der Waals surface area (Å²) in [6.45, 7) is 2.00. The van der Waals surface area contributed by atoms with Crippen LogP contribution in [0.3, 0.4) is 0 Å². The molecule has 0 fully saturated rings. The van der Waals surface area contributed by atoms with E-state index in [1.807, 2.05) is 25.1 Å². The van der Waals surface area contributed by atoms with Crippen LogP contribution >= 0.6 is 11.8 Å². The van der Waals surface area contributed by atoms with Crippen molar-refractivity contribution in [1.82, 2.24) is 4.84 Å². The maximum Gasteiger partial charge on any atom is 0.265 e. The molecule has 0 atom stereocenters. The number of hydrogen-bond donors (Lipinski definition) is 1. The molecule has 64 valence electrons. The standard InChI is InChI=1S/C9H10ClNO/c1-2-7-5-3-4-6-8(7)9(12)11-10/h3-6H,2H2,1H3,(H,11,12). The Morgan fingerprint density at radius 2 is 2.17 bits per heavy atom. The van der Waals surface area contributed by atoms with Gasteiger partial charge in [-0.25, -0.2) is 0 Å². The monoisotopic (exact) mass is 183 g/mol. The van der Waals surface area contributed by atoms with Crippen molar-refractivity contribution in [3.8, 4) is 0 Å². The summed E-state index contributed by atoms with van der Waals surface area (Å²) in [5.41, 5.74) is 1.66. The van der Waals surface area contributed by atoms with Crippen molar-refractivity contribution in [3.63, 3.8) is 0 Å². The minimum absolute atomic E-state index is 0.242. The lowest BCUT2D eigenvalue weighted by atomic mass is 10.1. The normalized spacial score (nSPS) is 9.50. The smallest absolute Gasteiger partial charge is 0.265 e. The van der Waals surface area contributed by atoms with Gasteiger partial charge >= 0.3 is 0 Å². The number of nitrogens with one attached hydrogen (secondary N) is 1. The summed E-state index contributed by atoms with van der Waals surface area (Å²) in [7, 11) is 0. The zero-order valence-electron chi connectivity index (χ0n) is 6.80. The molecular weight excluding hydrogens is 174 g/mol. The van der Waals surface area contributed by atoms with Gasteiger partial charge in [0, 0.05) is 17.3 Å². The molecule has 0 saturated heterocycles. The highest BCUT2D eigenvalue weighted by molar-refractivity contribution is 6.24. The fraction of sp³-hybridized carbons (Fsp3) is 0.222. The third-order valence-electron chi connectivity index (χ3n) is 1.73. The van der Waals surface area contributed by atoms with Crippen molar-refractivity contribution in [1.29, 1.82) is 0 Å². The summed E-state index contributed by atoms with van der Waals surface area (Å²) < 4.78 is 0. The molecule has 1 aromatic carbocycles. The van der Waals surface area contributed by atoms with E-state index in [2.05, 4.69) is 4.84 Å². The van der Waals surface area contributed by atoms with Gasteiger partial charge in [-0.05, 0) is 18.1 Å². The van der Waals surface area contributed by atoms with E-state index in [4.69, 9.17) is 11.8 Å². The number of carbonyl (C=O) groups excluding carboxylic acids is 1. The van der Waals surface area contributed by atoms with Crippen LogP contribution < -0.4 is 4.84 Å². The minimum atomic E-state index is -0.242. The number of carbonyl (C=O) groups is 1. The third kappa shape index (κ3) is 1.77. The minimum Gasteiger partial charge on any atom is -0.268 e. The molecule has 0 saturated carbocycles. The van der Waals surface area contributed by atoms with Crippen molar-refractivity contribution in [2.45, 2.75) is 13.3 Å². The van der Waals surface area contributed by atoms with Crippen LogP contribution in [0.4, 0.5) is 0 Å². The average molecular weight is 184 g/mol. The molecule has 0 aliphatic rings. The van der Waals surface area contributed by atoms with Gasteiger partial charge in [-0.15, -0.1) is 0 Å². The highest BCUT2D eigenvalue weighted by atomic mass is 35.5. The number of halogens is 1. The van der Waals surface area contributed by atoms with E-state index >= 15 is 0 Å². The van der Waals surface area contributed by atoms with Crippen LogP contribution in [0, 0.1) is 0 Å². The van der Waals surface area contributed by atoms with Crippen LogP contribution in [0.15, 0.2) is 24.3 Å². The van der Waals surface area contributed by atoms with E-state index < -0.39 is 0 Å².